The van der Waals surface area contributed by atoms with Crippen molar-refractivity contribution >= 4 is 25.1 Å². The summed E-state index contributed by atoms with van der Waals surface area (Å²) in [5, 5.41) is 13.6. The van der Waals surface area contributed by atoms with Crippen molar-refractivity contribution in [3.8, 4) is 0 Å². The average Bonchev–Trinajstić information content (AvgIpc) is 1.82. The summed E-state index contributed by atoms with van der Waals surface area (Å²) in [7, 11) is 0. The number of allylic oxidation sites excluding steroid dienone is 1. The molecular weight excluding hydrogens is 132 g/mol. The number of rotatable bonds is 3. The first-order valence-electron chi connectivity index (χ1n) is 2.61. The Morgan fingerprint density at radius 1 is 1.56 bits per heavy atom. The predicted molar refractivity (Wildman–Crippen MR) is 44.1 cm³/mol. The van der Waals surface area contributed by atoms with Crippen LogP contribution in [-0.2, 0) is 0 Å². The van der Waals surface area contributed by atoms with E-state index in [0.717, 1.165) is 11.8 Å². The molecule has 1 atom stereocenters. The molecule has 0 aromatic carbocycles. The Hall–Kier alpha value is -0.570. The van der Waals surface area contributed by atoms with Gasteiger partial charge in [0.25, 0.3) is 0 Å². The van der Waals surface area contributed by atoms with E-state index in [2.05, 4.69) is 12.6 Å². The van der Waals surface area contributed by atoms with Crippen molar-refractivity contribution in [3.63, 3.8) is 0 Å². The third-order valence-electron chi connectivity index (χ3n) is 0.925. The average molecular weight is 142 g/mol. The summed E-state index contributed by atoms with van der Waals surface area (Å²) >= 11 is 4.08. The minimum atomic E-state index is 0.0455. The molecule has 0 rings (SSSR count). The minimum absolute atomic E-state index is 0.0455. The summed E-state index contributed by atoms with van der Waals surface area (Å²) in [6, 6.07) is 0. The van der Waals surface area contributed by atoms with Crippen LogP contribution in [0.15, 0.2) is 11.6 Å². The van der Waals surface area contributed by atoms with E-state index in [1.807, 2.05) is 6.92 Å². The van der Waals surface area contributed by atoms with Gasteiger partial charge in [-0.1, -0.05) is 0 Å². The topological polar surface area (TPSA) is 47.7 Å². The van der Waals surface area contributed by atoms with Gasteiger partial charge in [0.2, 0.25) is 0 Å². The third-order valence-corrected chi connectivity index (χ3v) is 1.22. The Kier molecular flexibility index (Phi) is 4.05. The molecule has 0 saturated carbocycles. The molecule has 0 aromatic heterocycles. The zero-order valence-electron chi connectivity index (χ0n) is 5.26. The van der Waals surface area contributed by atoms with E-state index in [1.165, 1.54) is 6.21 Å². The largest absolute Gasteiger partial charge is 0.309 e. The number of nitrogens with one attached hydrogen (secondary N) is 2. The van der Waals surface area contributed by atoms with Crippen LogP contribution in [0.1, 0.15) is 6.92 Å². The van der Waals surface area contributed by atoms with E-state index >= 15 is 0 Å². The van der Waals surface area contributed by atoms with Gasteiger partial charge in [-0.05, 0) is 18.6 Å². The molecule has 0 amide bonds. The summed E-state index contributed by atoms with van der Waals surface area (Å²) in [6.07, 6.45) is 3.93. The van der Waals surface area contributed by atoms with Crippen molar-refractivity contribution in [2.45, 2.75) is 12.2 Å². The molecule has 0 bridgehead atoms. The molecular formula is C6H10N2S. The highest BCUT2D eigenvalue weighted by Crippen LogP contribution is 2.03. The minimum Gasteiger partial charge on any atom is -0.309 e. The van der Waals surface area contributed by atoms with Crippen LogP contribution in [0.5, 0.6) is 0 Å². The number of thiol groups is 1. The number of hydrogen-bond donors (Lipinski definition) is 3. The molecule has 0 aliphatic rings. The first-order chi connectivity index (χ1) is 4.22. The van der Waals surface area contributed by atoms with E-state index in [4.69, 9.17) is 10.8 Å². The molecule has 2 nitrogen and oxygen atoms in total. The SMILES string of the molecule is CC(S)/C(C=N)=C/C=N. The van der Waals surface area contributed by atoms with Gasteiger partial charge in [0.15, 0.2) is 0 Å². The van der Waals surface area contributed by atoms with E-state index in [0.29, 0.717) is 0 Å². The lowest BCUT2D eigenvalue weighted by molar-refractivity contribution is 1.21. The van der Waals surface area contributed by atoms with Crippen LogP contribution in [0.25, 0.3) is 0 Å². The van der Waals surface area contributed by atoms with Gasteiger partial charge in [-0.3, -0.25) is 0 Å². The van der Waals surface area contributed by atoms with Crippen LogP contribution in [0.3, 0.4) is 0 Å². The van der Waals surface area contributed by atoms with Crippen LogP contribution in [0.2, 0.25) is 0 Å². The molecule has 0 aliphatic heterocycles. The van der Waals surface area contributed by atoms with Crippen LogP contribution in [-0.4, -0.2) is 17.7 Å². The van der Waals surface area contributed by atoms with Crippen LogP contribution in [0.4, 0.5) is 0 Å². The van der Waals surface area contributed by atoms with Crippen molar-refractivity contribution in [3.05, 3.63) is 11.6 Å². The van der Waals surface area contributed by atoms with E-state index in [9.17, 15) is 0 Å². The summed E-state index contributed by atoms with van der Waals surface area (Å²) in [5.41, 5.74) is 0.758. The summed E-state index contributed by atoms with van der Waals surface area (Å²) < 4.78 is 0. The molecule has 3 heteroatoms. The molecule has 1 unspecified atom stereocenters. The molecule has 50 valence electrons. The van der Waals surface area contributed by atoms with Gasteiger partial charge in [0.05, 0.1) is 0 Å². The molecule has 0 aromatic rings. The zero-order valence-corrected chi connectivity index (χ0v) is 6.15. The van der Waals surface area contributed by atoms with Crippen LogP contribution < -0.4 is 0 Å². The summed E-state index contributed by atoms with van der Waals surface area (Å²) in [4.78, 5) is 0. The standard InChI is InChI=1S/C6H10N2S/c1-5(9)6(4-8)2-3-7/h2-5,7-9H,1H3/b6-2+,7-3?,8-4?. The highest BCUT2D eigenvalue weighted by atomic mass is 32.1. The first kappa shape index (κ1) is 8.43. The van der Waals surface area contributed by atoms with Crippen molar-refractivity contribution in [2.24, 2.45) is 0 Å². The Morgan fingerprint density at radius 2 is 2.11 bits per heavy atom. The molecule has 0 radical (unpaired) electrons. The monoisotopic (exact) mass is 142 g/mol. The molecule has 0 fully saturated rings. The van der Waals surface area contributed by atoms with Crippen molar-refractivity contribution < 1.29 is 0 Å². The quantitative estimate of drug-likeness (QED) is 0.395. The highest BCUT2D eigenvalue weighted by molar-refractivity contribution is 7.81. The van der Waals surface area contributed by atoms with E-state index in [1.54, 1.807) is 6.08 Å². The second-order valence-corrected chi connectivity index (χ2v) is 2.43. The van der Waals surface area contributed by atoms with Crippen LogP contribution in [0, 0.1) is 10.8 Å². The van der Waals surface area contributed by atoms with Gasteiger partial charge >= 0.3 is 0 Å². The Balaban J connectivity index is 4.13. The van der Waals surface area contributed by atoms with Gasteiger partial charge < -0.3 is 10.8 Å². The van der Waals surface area contributed by atoms with Crippen LogP contribution >= 0.6 is 12.6 Å². The molecule has 0 spiro atoms. The molecule has 9 heavy (non-hydrogen) atoms. The smallest absolute Gasteiger partial charge is 0.0254 e. The van der Waals surface area contributed by atoms with Gasteiger partial charge in [-0.2, -0.15) is 12.6 Å². The zero-order chi connectivity index (χ0) is 7.28. The van der Waals surface area contributed by atoms with Gasteiger partial charge in [-0.15, -0.1) is 0 Å². The third kappa shape index (κ3) is 3.08. The van der Waals surface area contributed by atoms with Crippen molar-refractivity contribution in [1.82, 2.24) is 0 Å². The lowest BCUT2D eigenvalue weighted by Gasteiger charge is -2.00. The lowest BCUT2D eigenvalue weighted by atomic mass is 10.2. The maximum Gasteiger partial charge on any atom is 0.0254 e. The summed E-state index contributed by atoms with van der Waals surface area (Å²) in [5.74, 6) is 0. The Morgan fingerprint density at radius 3 is 2.22 bits per heavy atom. The molecule has 0 heterocycles. The second-order valence-electron chi connectivity index (χ2n) is 1.65. The Labute approximate surface area is 60.4 Å². The summed E-state index contributed by atoms with van der Waals surface area (Å²) in [6.45, 7) is 1.86. The maximum atomic E-state index is 6.85. The van der Waals surface area contributed by atoms with E-state index < -0.39 is 0 Å². The van der Waals surface area contributed by atoms with Gasteiger partial charge in [0, 0.05) is 17.7 Å². The molecule has 0 aliphatic carbocycles. The van der Waals surface area contributed by atoms with Crippen molar-refractivity contribution in [2.75, 3.05) is 0 Å². The van der Waals surface area contributed by atoms with Gasteiger partial charge in [0.1, 0.15) is 0 Å². The van der Waals surface area contributed by atoms with Gasteiger partial charge in [-0.25, -0.2) is 0 Å². The predicted octanol–water partition coefficient (Wildman–Crippen LogP) is 1.53. The number of hydrogen-bond acceptors (Lipinski definition) is 3. The molecule has 2 N–H and O–H groups in total. The fourth-order valence-corrected chi connectivity index (χ4v) is 0.565. The second kappa shape index (κ2) is 4.32. The fourth-order valence-electron chi connectivity index (χ4n) is 0.404. The van der Waals surface area contributed by atoms with E-state index in [-0.39, 0.29) is 5.25 Å². The normalized spacial score (nSPS) is 14.7. The maximum absolute atomic E-state index is 6.85. The highest BCUT2D eigenvalue weighted by Gasteiger charge is 1.96. The Bertz CT molecular complexity index is 138. The van der Waals surface area contributed by atoms with Crippen molar-refractivity contribution in [1.29, 1.82) is 10.8 Å². The lowest BCUT2D eigenvalue weighted by Crippen LogP contribution is -1.97. The first-order valence-corrected chi connectivity index (χ1v) is 3.13. The molecule has 0 saturated heterocycles. The fraction of sp³-hybridized carbons (Fsp3) is 0.333.